The number of carbonyl (C=O) groups is 2. The molecule has 0 saturated heterocycles. The molecule has 0 saturated carbocycles. The Kier molecular flexibility index (Phi) is 8.79. The molecular formula is C13H10ClF2LiO5. The van der Waals surface area contributed by atoms with Gasteiger partial charge in [0.1, 0.15) is 5.75 Å². The number of halogens is 3. The molecule has 9 heteroatoms. The Morgan fingerprint density at radius 3 is 2.55 bits per heavy atom. The number of rotatable bonds is 6. The van der Waals surface area contributed by atoms with Crippen molar-refractivity contribution in [1.82, 2.24) is 0 Å². The maximum Gasteiger partial charge on any atom is 1.00 e. The van der Waals surface area contributed by atoms with Gasteiger partial charge in [0.05, 0.1) is 6.61 Å². The molecular weight excluding hydrogens is 317 g/mol. The molecule has 0 spiro atoms. The van der Waals surface area contributed by atoms with Crippen molar-refractivity contribution >= 4 is 29.1 Å². The third-order valence-electron chi connectivity index (χ3n) is 2.12. The molecule has 0 atom stereocenters. The molecule has 1 aromatic carbocycles. The molecule has 0 amide bonds. The molecule has 5 nitrogen and oxygen atoms in total. The first-order chi connectivity index (χ1) is 9.83. The van der Waals surface area contributed by atoms with Crippen molar-refractivity contribution in [2.75, 3.05) is 6.61 Å². The minimum Gasteiger partial charge on any atom is -0.872 e. The van der Waals surface area contributed by atoms with Crippen LogP contribution in [0.2, 0.25) is 5.02 Å². The van der Waals surface area contributed by atoms with Gasteiger partial charge < -0.3 is 14.6 Å². The summed E-state index contributed by atoms with van der Waals surface area (Å²) in [6, 6.07) is 3.21. The Balaban J connectivity index is 0.00000441. The van der Waals surface area contributed by atoms with Gasteiger partial charge in [0.2, 0.25) is 0 Å². The van der Waals surface area contributed by atoms with Gasteiger partial charge in [-0.25, -0.2) is 4.79 Å². The van der Waals surface area contributed by atoms with Crippen LogP contribution >= 0.6 is 11.6 Å². The fourth-order valence-electron chi connectivity index (χ4n) is 1.34. The molecule has 22 heavy (non-hydrogen) atoms. The number of ketones is 1. The van der Waals surface area contributed by atoms with E-state index in [1.165, 1.54) is 6.92 Å². The Labute approximate surface area is 142 Å². The zero-order valence-corrected chi connectivity index (χ0v) is 12.5. The predicted octanol–water partition coefficient (Wildman–Crippen LogP) is -1.22. The van der Waals surface area contributed by atoms with E-state index in [2.05, 4.69) is 9.47 Å². The fourth-order valence-corrected chi connectivity index (χ4v) is 1.56. The standard InChI is InChI=1S/C13H11ClF2O5.Li/c1-2-20-12(19)11(18)6-10(17)7-3-8(14)5-9(4-7)21-13(15)16;/h3-6,13,17H,2H2,1H3;/q;+1/p-1. The largest absolute Gasteiger partial charge is 1.00 e. The van der Waals surface area contributed by atoms with Crippen molar-refractivity contribution in [2.45, 2.75) is 13.5 Å². The second-order valence-electron chi connectivity index (χ2n) is 3.65. The Morgan fingerprint density at radius 2 is 2.00 bits per heavy atom. The van der Waals surface area contributed by atoms with E-state index < -0.39 is 24.1 Å². The number of benzene rings is 1. The molecule has 0 aliphatic heterocycles. The van der Waals surface area contributed by atoms with Gasteiger partial charge in [-0.1, -0.05) is 17.4 Å². The third kappa shape index (κ3) is 6.48. The van der Waals surface area contributed by atoms with Gasteiger partial charge in [0, 0.05) is 5.02 Å². The first-order valence-corrected chi connectivity index (χ1v) is 6.06. The molecule has 0 aliphatic carbocycles. The average molecular weight is 327 g/mol. The van der Waals surface area contributed by atoms with Crippen molar-refractivity contribution in [2.24, 2.45) is 0 Å². The molecule has 0 aromatic heterocycles. The van der Waals surface area contributed by atoms with Gasteiger partial charge >= 0.3 is 31.4 Å². The van der Waals surface area contributed by atoms with E-state index in [0.29, 0.717) is 6.08 Å². The summed E-state index contributed by atoms with van der Waals surface area (Å²) < 4.78 is 32.8. The number of alkyl halides is 2. The number of carbonyl (C=O) groups excluding carboxylic acids is 2. The van der Waals surface area contributed by atoms with Gasteiger partial charge in [-0.05, 0) is 36.8 Å². The summed E-state index contributed by atoms with van der Waals surface area (Å²) in [6.45, 7) is -1.61. The Morgan fingerprint density at radius 1 is 1.36 bits per heavy atom. The van der Waals surface area contributed by atoms with Crippen LogP contribution in [0.25, 0.3) is 5.76 Å². The number of hydrogen-bond donors (Lipinski definition) is 0. The minimum absolute atomic E-state index is 0. The molecule has 0 unspecified atom stereocenters. The quantitative estimate of drug-likeness (QED) is 0.215. The number of hydrogen-bond acceptors (Lipinski definition) is 5. The molecule has 0 N–H and O–H groups in total. The maximum absolute atomic E-state index is 12.1. The van der Waals surface area contributed by atoms with Crippen LogP contribution in [0.3, 0.4) is 0 Å². The van der Waals surface area contributed by atoms with Crippen molar-refractivity contribution in [1.29, 1.82) is 0 Å². The van der Waals surface area contributed by atoms with Gasteiger partial charge in [-0.15, -0.1) is 0 Å². The SMILES string of the molecule is CCOC(=O)C(=O)C=C([O-])c1cc(Cl)cc(OC(F)F)c1.[Li+]. The summed E-state index contributed by atoms with van der Waals surface area (Å²) in [5.41, 5.74) is -0.171. The first-order valence-electron chi connectivity index (χ1n) is 5.69. The Hall–Kier alpha value is -1.55. The molecule has 114 valence electrons. The average Bonchev–Trinajstić information content (AvgIpc) is 2.37. The maximum atomic E-state index is 12.1. The zero-order chi connectivity index (χ0) is 16.0. The van der Waals surface area contributed by atoms with E-state index in [-0.39, 0.29) is 41.8 Å². The van der Waals surface area contributed by atoms with Gasteiger partial charge in [-0.2, -0.15) is 8.78 Å². The molecule has 0 heterocycles. The van der Waals surface area contributed by atoms with Gasteiger partial charge in [-0.3, -0.25) is 4.79 Å². The van der Waals surface area contributed by atoms with E-state index in [9.17, 15) is 23.5 Å². The summed E-state index contributed by atoms with van der Waals surface area (Å²) in [4.78, 5) is 22.4. The molecule has 1 aromatic rings. The summed E-state index contributed by atoms with van der Waals surface area (Å²) in [7, 11) is 0. The first kappa shape index (κ1) is 20.4. The van der Waals surface area contributed by atoms with Gasteiger partial charge in [0.15, 0.2) is 0 Å². The van der Waals surface area contributed by atoms with Crippen LogP contribution in [0, 0.1) is 0 Å². The van der Waals surface area contributed by atoms with E-state index in [0.717, 1.165) is 18.2 Å². The summed E-state index contributed by atoms with van der Waals surface area (Å²) in [5, 5.41) is 11.7. The van der Waals surface area contributed by atoms with Crippen molar-refractivity contribution < 1.29 is 51.8 Å². The molecule has 0 aliphatic rings. The topological polar surface area (TPSA) is 75.7 Å². The minimum atomic E-state index is -3.09. The molecule has 0 fully saturated rings. The van der Waals surface area contributed by atoms with Crippen LogP contribution in [0.4, 0.5) is 8.78 Å². The van der Waals surface area contributed by atoms with E-state index in [4.69, 9.17) is 11.6 Å². The third-order valence-corrected chi connectivity index (χ3v) is 2.34. The molecule has 0 radical (unpaired) electrons. The molecule has 0 bridgehead atoms. The second kappa shape index (κ2) is 9.46. The number of ether oxygens (including phenoxy) is 2. The van der Waals surface area contributed by atoms with Gasteiger partial charge in [0.25, 0.3) is 5.78 Å². The van der Waals surface area contributed by atoms with Crippen LogP contribution in [-0.4, -0.2) is 25.0 Å². The second-order valence-corrected chi connectivity index (χ2v) is 4.08. The normalized spacial score (nSPS) is 10.9. The van der Waals surface area contributed by atoms with Crippen molar-refractivity contribution in [3.63, 3.8) is 0 Å². The number of esters is 1. The monoisotopic (exact) mass is 326 g/mol. The predicted molar refractivity (Wildman–Crippen MR) is 67.7 cm³/mol. The van der Waals surface area contributed by atoms with Crippen molar-refractivity contribution in [3.05, 3.63) is 34.9 Å². The van der Waals surface area contributed by atoms with E-state index in [1.807, 2.05) is 0 Å². The smallest absolute Gasteiger partial charge is 0.872 e. The Bertz CT molecular complexity index is 578. The summed E-state index contributed by atoms with van der Waals surface area (Å²) in [6.07, 6.45) is 0.496. The summed E-state index contributed by atoms with van der Waals surface area (Å²) >= 11 is 5.66. The van der Waals surface area contributed by atoms with Crippen LogP contribution in [0.1, 0.15) is 12.5 Å². The van der Waals surface area contributed by atoms with Crippen LogP contribution < -0.4 is 28.7 Å². The van der Waals surface area contributed by atoms with Crippen LogP contribution in [-0.2, 0) is 14.3 Å². The summed E-state index contributed by atoms with van der Waals surface area (Å²) in [5.74, 6) is -3.55. The fraction of sp³-hybridized carbons (Fsp3) is 0.231. The van der Waals surface area contributed by atoms with E-state index in [1.54, 1.807) is 0 Å². The van der Waals surface area contributed by atoms with Crippen LogP contribution in [0.5, 0.6) is 5.75 Å². The zero-order valence-electron chi connectivity index (χ0n) is 11.8. The van der Waals surface area contributed by atoms with Crippen LogP contribution in [0.15, 0.2) is 24.3 Å². The van der Waals surface area contributed by atoms with Crippen molar-refractivity contribution in [3.8, 4) is 5.75 Å². The molecule has 1 rings (SSSR count). The van der Waals surface area contributed by atoms with E-state index >= 15 is 0 Å².